The van der Waals surface area contributed by atoms with Gasteiger partial charge in [0, 0.05) is 35.8 Å². The molecule has 4 rings (SSSR count). The van der Waals surface area contributed by atoms with Crippen molar-refractivity contribution >= 4 is 45.7 Å². The van der Waals surface area contributed by atoms with E-state index in [2.05, 4.69) is 27.2 Å². The van der Waals surface area contributed by atoms with E-state index in [9.17, 15) is 4.79 Å². The molecule has 2 heterocycles. The minimum absolute atomic E-state index is 0.312. The number of halogens is 1. The maximum absolute atomic E-state index is 11.8. The number of hydrogen-bond acceptors (Lipinski definition) is 6. The van der Waals surface area contributed by atoms with Crippen LogP contribution >= 0.6 is 11.6 Å². The summed E-state index contributed by atoms with van der Waals surface area (Å²) in [6.45, 7) is 3.48. The summed E-state index contributed by atoms with van der Waals surface area (Å²) >= 11 is 6.48. The van der Waals surface area contributed by atoms with Crippen molar-refractivity contribution in [2.24, 2.45) is 7.05 Å². The zero-order chi connectivity index (χ0) is 23.5. The highest BCUT2D eigenvalue weighted by atomic mass is 35.5. The second-order valence-electron chi connectivity index (χ2n) is 7.13. The van der Waals surface area contributed by atoms with E-state index in [0.29, 0.717) is 39.5 Å². The number of carbonyl (C=O) groups is 1. The van der Waals surface area contributed by atoms with Crippen molar-refractivity contribution < 1.29 is 14.3 Å². The Morgan fingerprint density at radius 1 is 1.15 bits per heavy atom. The lowest BCUT2D eigenvalue weighted by atomic mass is 10.1. The van der Waals surface area contributed by atoms with E-state index < -0.39 is 0 Å². The van der Waals surface area contributed by atoms with Crippen molar-refractivity contribution in [3.05, 3.63) is 66.5 Å². The number of amides is 1. The van der Waals surface area contributed by atoms with Crippen molar-refractivity contribution in [3.8, 4) is 22.8 Å². The molecule has 0 fully saturated rings. The number of rotatable bonds is 7. The maximum atomic E-state index is 11.8. The van der Waals surface area contributed by atoms with Crippen LogP contribution in [0.4, 0.5) is 17.3 Å². The van der Waals surface area contributed by atoms with E-state index >= 15 is 0 Å². The van der Waals surface area contributed by atoms with Gasteiger partial charge in [-0.05, 0) is 18.2 Å². The Labute approximate surface area is 195 Å². The van der Waals surface area contributed by atoms with Crippen LogP contribution in [0.5, 0.6) is 11.5 Å². The smallest absolute Gasteiger partial charge is 0.247 e. The lowest BCUT2D eigenvalue weighted by molar-refractivity contribution is -0.111. The molecule has 8 nitrogen and oxygen atoms in total. The standard InChI is InChI=1S/C24H22ClN5O3/c1-5-22(31)27-17-10-18(21(33-4)11-20(17)32-3)28-24-26-12-16(25)23(29-24)15-13-30(2)19-9-7-6-8-14(15)19/h5-13H,1H2,2-4H3,(H,27,31)(H,26,28,29). The number of nitrogens with one attached hydrogen (secondary N) is 2. The number of para-hydroxylation sites is 1. The fourth-order valence-corrected chi connectivity index (χ4v) is 3.74. The Hall–Kier alpha value is -4.04. The highest BCUT2D eigenvalue weighted by molar-refractivity contribution is 6.33. The van der Waals surface area contributed by atoms with Crippen LogP contribution in [0.15, 0.2) is 61.4 Å². The van der Waals surface area contributed by atoms with E-state index in [1.54, 1.807) is 18.3 Å². The first kappa shape index (κ1) is 22.2. The largest absolute Gasteiger partial charge is 0.494 e. The molecule has 33 heavy (non-hydrogen) atoms. The third-order valence-corrected chi connectivity index (χ3v) is 5.38. The molecule has 168 valence electrons. The van der Waals surface area contributed by atoms with Gasteiger partial charge in [-0.2, -0.15) is 0 Å². The third kappa shape index (κ3) is 4.33. The number of nitrogens with zero attached hydrogens (tertiary/aromatic N) is 3. The number of hydrogen-bond donors (Lipinski definition) is 2. The molecule has 0 radical (unpaired) electrons. The van der Waals surface area contributed by atoms with Gasteiger partial charge in [0.05, 0.1) is 42.5 Å². The van der Waals surface area contributed by atoms with Gasteiger partial charge in [-0.3, -0.25) is 4.79 Å². The Bertz CT molecular complexity index is 1370. The molecule has 0 atom stereocenters. The van der Waals surface area contributed by atoms with Crippen LogP contribution in [0.3, 0.4) is 0 Å². The molecule has 0 aliphatic rings. The second-order valence-corrected chi connectivity index (χ2v) is 7.54. The number of methoxy groups -OCH3 is 2. The summed E-state index contributed by atoms with van der Waals surface area (Å²) in [6.07, 6.45) is 4.71. The minimum Gasteiger partial charge on any atom is -0.494 e. The zero-order valence-electron chi connectivity index (χ0n) is 18.3. The number of benzene rings is 2. The van der Waals surface area contributed by atoms with E-state index in [1.165, 1.54) is 20.3 Å². The normalized spacial score (nSPS) is 10.7. The Kier molecular flexibility index (Phi) is 6.19. The number of aryl methyl sites for hydroxylation is 1. The zero-order valence-corrected chi connectivity index (χ0v) is 19.1. The summed E-state index contributed by atoms with van der Waals surface area (Å²) in [5.41, 5.74) is 3.52. The first-order valence-electron chi connectivity index (χ1n) is 9.98. The van der Waals surface area contributed by atoms with Crippen LogP contribution < -0.4 is 20.1 Å². The van der Waals surface area contributed by atoms with Crippen LogP contribution in [0.2, 0.25) is 5.02 Å². The van der Waals surface area contributed by atoms with Gasteiger partial charge in [-0.15, -0.1) is 0 Å². The topological polar surface area (TPSA) is 90.3 Å². The number of ether oxygens (including phenoxy) is 2. The lowest BCUT2D eigenvalue weighted by Gasteiger charge is -2.16. The SMILES string of the molecule is C=CC(=O)Nc1cc(Nc2ncc(Cl)c(-c3cn(C)c4ccccc34)n2)c(OC)cc1OC. The molecule has 0 aliphatic carbocycles. The molecule has 0 saturated carbocycles. The van der Waals surface area contributed by atoms with Crippen LogP contribution in [-0.2, 0) is 11.8 Å². The first-order chi connectivity index (χ1) is 15.9. The van der Waals surface area contributed by atoms with Crippen molar-refractivity contribution in [1.29, 1.82) is 0 Å². The first-order valence-corrected chi connectivity index (χ1v) is 10.4. The van der Waals surface area contributed by atoms with Crippen LogP contribution in [0.1, 0.15) is 0 Å². The molecule has 2 N–H and O–H groups in total. The fraction of sp³-hybridized carbons (Fsp3) is 0.125. The number of aromatic nitrogens is 3. The molecule has 0 spiro atoms. The highest BCUT2D eigenvalue weighted by Gasteiger charge is 2.17. The fourth-order valence-electron chi connectivity index (χ4n) is 3.55. The van der Waals surface area contributed by atoms with Crippen LogP contribution in [-0.4, -0.2) is 34.7 Å². The van der Waals surface area contributed by atoms with Gasteiger partial charge in [0.1, 0.15) is 11.5 Å². The number of fused-ring (bicyclic) bond motifs is 1. The third-order valence-electron chi connectivity index (χ3n) is 5.11. The predicted molar refractivity (Wildman–Crippen MR) is 131 cm³/mol. The van der Waals surface area contributed by atoms with E-state index in [1.807, 2.05) is 42.1 Å². The van der Waals surface area contributed by atoms with Gasteiger partial charge in [0.15, 0.2) is 0 Å². The average molecular weight is 464 g/mol. The Balaban J connectivity index is 1.76. The van der Waals surface area contributed by atoms with Crippen LogP contribution in [0, 0.1) is 0 Å². The van der Waals surface area contributed by atoms with Crippen molar-refractivity contribution in [2.75, 3.05) is 24.9 Å². The quantitative estimate of drug-likeness (QED) is 0.367. The number of carbonyl (C=O) groups excluding carboxylic acids is 1. The molecule has 0 bridgehead atoms. The minimum atomic E-state index is -0.370. The summed E-state index contributed by atoms with van der Waals surface area (Å²) < 4.78 is 12.9. The molecular formula is C24H22ClN5O3. The van der Waals surface area contributed by atoms with Gasteiger partial charge >= 0.3 is 0 Å². The van der Waals surface area contributed by atoms with Gasteiger partial charge < -0.3 is 24.7 Å². The molecule has 0 aliphatic heterocycles. The molecular weight excluding hydrogens is 442 g/mol. The molecule has 2 aromatic carbocycles. The molecule has 0 unspecified atom stereocenters. The monoisotopic (exact) mass is 463 g/mol. The van der Waals surface area contributed by atoms with Gasteiger partial charge in [0.25, 0.3) is 0 Å². The molecule has 0 saturated heterocycles. The maximum Gasteiger partial charge on any atom is 0.247 e. The highest BCUT2D eigenvalue weighted by Crippen LogP contribution is 2.38. The van der Waals surface area contributed by atoms with Crippen LogP contribution in [0.25, 0.3) is 22.2 Å². The Morgan fingerprint density at radius 3 is 2.61 bits per heavy atom. The van der Waals surface area contributed by atoms with E-state index in [0.717, 1.165) is 16.5 Å². The molecule has 2 aromatic heterocycles. The average Bonchev–Trinajstić information content (AvgIpc) is 3.16. The summed E-state index contributed by atoms with van der Waals surface area (Å²) in [5.74, 6) is 0.854. The van der Waals surface area contributed by atoms with E-state index in [-0.39, 0.29) is 5.91 Å². The van der Waals surface area contributed by atoms with Crippen molar-refractivity contribution in [2.45, 2.75) is 0 Å². The van der Waals surface area contributed by atoms with Gasteiger partial charge in [-0.1, -0.05) is 36.4 Å². The summed E-state index contributed by atoms with van der Waals surface area (Å²) in [6, 6.07) is 11.4. The Morgan fingerprint density at radius 2 is 1.88 bits per heavy atom. The van der Waals surface area contributed by atoms with E-state index in [4.69, 9.17) is 21.1 Å². The predicted octanol–water partition coefficient (Wildman–Crippen LogP) is 5.17. The second kappa shape index (κ2) is 9.22. The van der Waals surface area contributed by atoms with Gasteiger partial charge in [0.2, 0.25) is 11.9 Å². The molecule has 4 aromatic rings. The summed E-state index contributed by atoms with van der Waals surface area (Å²) in [7, 11) is 5.01. The summed E-state index contributed by atoms with van der Waals surface area (Å²) in [5, 5.41) is 7.33. The number of anilines is 3. The summed E-state index contributed by atoms with van der Waals surface area (Å²) in [4.78, 5) is 20.8. The van der Waals surface area contributed by atoms with Crippen molar-refractivity contribution in [1.82, 2.24) is 14.5 Å². The van der Waals surface area contributed by atoms with Gasteiger partial charge in [-0.25, -0.2) is 9.97 Å². The molecule has 9 heteroatoms. The molecule has 1 amide bonds. The lowest BCUT2D eigenvalue weighted by Crippen LogP contribution is -2.09. The van der Waals surface area contributed by atoms with Crippen molar-refractivity contribution in [3.63, 3.8) is 0 Å².